The standard InChI is InChI=1S/C15H19BrN2O6/c1-18(2)13(20)7-17-12(19)8-24-15(21)9-5-10(22-3)14(16)11(6-9)23-4/h5-6H,7-8H2,1-4H3,(H,17,19). The van der Waals surface area contributed by atoms with Crippen LogP contribution in [0.2, 0.25) is 0 Å². The van der Waals surface area contributed by atoms with Crippen LogP contribution in [0.25, 0.3) is 0 Å². The predicted molar refractivity (Wildman–Crippen MR) is 89.2 cm³/mol. The van der Waals surface area contributed by atoms with Gasteiger partial charge >= 0.3 is 5.97 Å². The van der Waals surface area contributed by atoms with E-state index >= 15 is 0 Å². The van der Waals surface area contributed by atoms with E-state index in [-0.39, 0.29) is 18.0 Å². The Bertz CT molecular complexity index is 607. The molecular formula is C15H19BrN2O6. The van der Waals surface area contributed by atoms with E-state index in [2.05, 4.69) is 21.2 Å². The van der Waals surface area contributed by atoms with Crippen molar-refractivity contribution in [1.29, 1.82) is 0 Å². The summed E-state index contributed by atoms with van der Waals surface area (Å²) in [4.78, 5) is 36.3. The molecule has 0 radical (unpaired) electrons. The van der Waals surface area contributed by atoms with Crippen LogP contribution in [0.5, 0.6) is 11.5 Å². The third-order valence-electron chi connectivity index (χ3n) is 2.95. The van der Waals surface area contributed by atoms with Gasteiger partial charge in [0.15, 0.2) is 6.61 Å². The summed E-state index contributed by atoms with van der Waals surface area (Å²) in [6.45, 7) is -0.663. The van der Waals surface area contributed by atoms with Crippen LogP contribution in [-0.2, 0) is 14.3 Å². The summed E-state index contributed by atoms with van der Waals surface area (Å²) in [6, 6.07) is 2.92. The van der Waals surface area contributed by atoms with Crippen LogP contribution in [0, 0.1) is 0 Å². The summed E-state index contributed by atoms with van der Waals surface area (Å²) in [5.74, 6) is -0.774. The van der Waals surface area contributed by atoms with Gasteiger partial charge in [0, 0.05) is 14.1 Å². The van der Waals surface area contributed by atoms with Crippen molar-refractivity contribution in [1.82, 2.24) is 10.2 Å². The molecule has 0 aliphatic rings. The van der Waals surface area contributed by atoms with E-state index in [4.69, 9.17) is 14.2 Å². The predicted octanol–water partition coefficient (Wildman–Crippen LogP) is 0.827. The maximum Gasteiger partial charge on any atom is 0.338 e. The Balaban J connectivity index is 2.65. The van der Waals surface area contributed by atoms with Crippen LogP contribution in [0.3, 0.4) is 0 Å². The molecule has 9 heteroatoms. The second kappa shape index (κ2) is 9.11. The van der Waals surface area contributed by atoms with Gasteiger partial charge in [0.1, 0.15) is 16.0 Å². The van der Waals surface area contributed by atoms with E-state index < -0.39 is 18.5 Å². The highest BCUT2D eigenvalue weighted by Crippen LogP contribution is 2.35. The van der Waals surface area contributed by atoms with Crippen LogP contribution >= 0.6 is 15.9 Å². The Hall–Kier alpha value is -2.29. The number of esters is 1. The van der Waals surface area contributed by atoms with Crippen LogP contribution in [-0.4, -0.2) is 64.2 Å². The molecule has 0 saturated heterocycles. The number of amides is 2. The van der Waals surface area contributed by atoms with E-state index in [1.807, 2.05) is 0 Å². The summed E-state index contributed by atoms with van der Waals surface area (Å²) in [5.41, 5.74) is 0.170. The molecule has 0 aromatic heterocycles. The molecule has 0 spiro atoms. The number of carbonyl (C=O) groups is 3. The Morgan fingerprint density at radius 3 is 2.12 bits per heavy atom. The fourth-order valence-corrected chi connectivity index (χ4v) is 2.14. The minimum absolute atomic E-state index is 0.163. The molecule has 0 fully saturated rings. The number of carbonyl (C=O) groups excluding carboxylic acids is 3. The van der Waals surface area contributed by atoms with Gasteiger partial charge in [0.05, 0.1) is 26.3 Å². The molecule has 0 unspecified atom stereocenters. The van der Waals surface area contributed by atoms with Crippen molar-refractivity contribution < 1.29 is 28.6 Å². The minimum atomic E-state index is -0.715. The highest BCUT2D eigenvalue weighted by molar-refractivity contribution is 9.10. The fraction of sp³-hybridized carbons (Fsp3) is 0.400. The fourth-order valence-electron chi connectivity index (χ4n) is 1.58. The summed E-state index contributed by atoms with van der Waals surface area (Å²) < 4.78 is 15.7. The lowest BCUT2D eigenvalue weighted by atomic mass is 10.2. The number of halogens is 1. The lowest BCUT2D eigenvalue weighted by Crippen LogP contribution is -2.38. The largest absolute Gasteiger partial charge is 0.495 e. The molecule has 0 bridgehead atoms. The first kappa shape index (κ1) is 19.8. The van der Waals surface area contributed by atoms with Crippen molar-refractivity contribution in [2.24, 2.45) is 0 Å². The Morgan fingerprint density at radius 2 is 1.67 bits per heavy atom. The van der Waals surface area contributed by atoms with Crippen molar-refractivity contribution >= 4 is 33.7 Å². The van der Waals surface area contributed by atoms with Gasteiger partial charge in [-0.3, -0.25) is 9.59 Å². The normalized spacial score (nSPS) is 9.88. The zero-order valence-corrected chi connectivity index (χ0v) is 15.4. The summed E-state index contributed by atoms with van der Waals surface area (Å²) >= 11 is 3.29. The molecule has 0 saturated carbocycles. The smallest absolute Gasteiger partial charge is 0.338 e. The summed E-state index contributed by atoms with van der Waals surface area (Å²) in [6.07, 6.45) is 0. The van der Waals surface area contributed by atoms with Gasteiger partial charge in [0.2, 0.25) is 5.91 Å². The van der Waals surface area contributed by atoms with Gasteiger partial charge in [-0.15, -0.1) is 0 Å². The van der Waals surface area contributed by atoms with Crippen molar-refractivity contribution in [2.75, 3.05) is 41.5 Å². The first-order valence-electron chi connectivity index (χ1n) is 6.85. The second-order valence-corrected chi connectivity index (χ2v) is 5.63. The number of likely N-dealkylation sites (N-methyl/N-ethyl adjacent to an activating group) is 1. The van der Waals surface area contributed by atoms with E-state index in [0.717, 1.165) is 0 Å². The van der Waals surface area contributed by atoms with Gasteiger partial charge in [-0.2, -0.15) is 0 Å². The number of nitrogens with zero attached hydrogens (tertiary/aromatic N) is 1. The topological polar surface area (TPSA) is 94.2 Å². The number of methoxy groups -OCH3 is 2. The Labute approximate surface area is 148 Å². The third kappa shape index (κ3) is 5.41. The first-order chi connectivity index (χ1) is 11.3. The molecule has 0 aliphatic carbocycles. The first-order valence-corrected chi connectivity index (χ1v) is 7.65. The molecule has 0 heterocycles. The lowest BCUT2D eigenvalue weighted by molar-refractivity contribution is -0.131. The lowest BCUT2D eigenvalue weighted by Gasteiger charge is -2.12. The molecule has 0 atom stereocenters. The molecule has 24 heavy (non-hydrogen) atoms. The van der Waals surface area contributed by atoms with Crippen LogP contribution in [0.15, 0.2) is 16.6 Å². The van der Waals surface area contributed by atoms with E-state index in [9.17, 15) is 14.4 Å². The summed E-state index contributed by atoms with van der Waals surface area (Å²) in [7, 11) is 6.04. The van der Waals surface area contributed by atoms with Crippen molar-refractivity contribution in [3.63, 3.8) is 0 Å². The quantitative estimate of drug-likeness (QED) is 0.678. The number of hydrogen-bond acceptors (Lipinski definition) is 6. The average molecular weight is 403 g/mol. The Kier molecular flexibility index (Phi) is 7.50. The average Bonchev–Trinajstić information content (AvgIpc) is 2.57. The molecule has 2 amide bonds. The third-order valence-corrected chi connectivity index (χ3v) is 3.73. The van der Waals surface area contributed by atoms with Crippen LogP contribution in [0.1, 0.15) is 10.4 Å². The molecule has 0 aliphatic heterocycles. The highest BCUT2D eigenvalue weighted by Gasteiger charge is 2.17. The van der Waals surface area contributed by atoms with Gasteiger partial charge in [-0.25, -0.2) is 4.79 Å². The molecule has 132 valence electrons. The molecular weight excluding hydrogens is 384 g/mol. The number of benzene rings is 1. The van der Waals surface area contributed by atoms with Gasteiger partial charge in [-0.1, -0.05) is 0 Å². The zero-order valence-electron chi connectivity index (χ0n) is 13.8. The molecule has 1 aromatic carbocycles. The van der Waals surface area contributed by atoms with Crippen LogP contribution in [0.4, 0.5) is 0 Å². The van der Waals surface area contributed by atoms with E-state index in [1.54, 1.807) is 14.1 Å². The van der Waals surface area contributed by atoms with Crippen molar-refractivity contribution in [2.45, 2.75) is 0 Å². The second-order valence-electron chi connectivity index (χ2n) is 4.84. The van der Waals surface area contributed by atoms with Gasteiger partial charge in [-0.05, 0) is 28.1 Å². The monoisotopic (exact) mass is 402 g/mol. The number of ether oxygens (including phenoxy) is 3. The maximum atomic E-state index is 12.0. The van der Waals surface area contributed by atoms with Crippen LogP contribution < -0.4 is 14.8 Å². The molecule has 1 rings (SSSR count). The van der Waals surface area contributed by atoms with E-state index in [0.29, 0.717) is 16.0 Å². The molecule has 8 nitrogen and oxygen atoms in total. The SMILES string of the molecule is COc1cc(C(=O)OCC(=O)NCC(=O)N(C)C)cc(OC)c1Br. The highest BCUT2D eigenvalue weighted by atomic mass is 79.9. The number of nitrogens with one attached hydrogen (secondary N) is 1. The Morgan fingerprint density at radius 1 is 1.12 bits per heavy atom. The molecule has 1 aromatic rings. The zero-order chi connectivity index (χ0) is 18.3. The summed E-state index contributed by atoms with van der Waals surface area (Å²) in [5, 5.41) is 2.36. The van der Waals surface area contributed by atoms with Crippen molar-refractivity contribution in [3.8, 4) is 11.5 Å². The minimum Gasteiger partial charge on any atom is -0.495 e. The molecule has 1 N–H and O–H groups in total. The van der Waals surface area contributed by atoms with Crippen molar-refractivity contribution in [3.05, 3.63) is 22.2 Å². The number of rotatable bonds is 7. The maximum absolute atomic E-state index is 12.0. The van der Waals surface area contributed by atoms with Gasteiger partial charge in [0.25, 0.3) is 5.91 Å². The van der Waals surface area contributed by atoms with Gasteiger partial charge < -0.3 is 24.4 Å². The van der Waals surface area contributed by atoms with E-state index in [1.165, 1.54) is 31.3 Å². The number of hydrogen-bond donors (Lipinski definition) is 1.